The molecule has 0 saturated heterocycles. The summed E-state index contributed by atoms with van der Waals surface area (Å²) in [5, 5.41) is 9.67. The van der Waals surface area contributed by atoms with Gasteiger partial charge in [0.1, 0.15) is 5.75 Å². The zero-order valence-corrected chi connectivity index (χ0v) is 11.3. The van der Waals surface area contributed by atoms with Crippen LogP contribution in [0, 0.1) is 0 Å². The largest absolute Gasteiger partial charge is 0.494 e. The Hall–Kier alpha value is -1.28. The molecule has 0 radical (unpaired) electrons. The highest BCUT2D eigenvalue weighted by atomic mass is 16.5. The Kier molecular flexibility index (Phi) is 7.19. The van der Waals surface area contributed by atoms with Crippen molar-refractivity contribution in [1.29, 1.82) is 0 Å². The molecular weight excluding hydrogens is 224 g/mol. The molecule has 100 valence electrons. The van der Waals surface area contributed by atoms with Gasteiger partial charge < -0.3 is 9.84 Å². The fourth-order valence-corrected chi connectivity index (χ4v) is 1.78. The highest BCUT2D eigenvalue weighted by Crippen LogP contribution is 2.20. The second-order valence-corrected chi connectivity index (χ2v) is 4.48. The number of aliphatic hydroxyl groups is 1. The van der Waals surface area contributed by atoms with Gasteiger partial charge in [-0.25, -0.2) is 0 Å². The predicted molar refractivity (Wildman–Crippen MR) is 75.9 cm³/mol. The Bertz CT molecular complexity index is 329. The lowest BCUT2D eigenvalue weighted by molar-refractivity contribution is 0.173. The molecule has 0 fully saturated rings. The Morgan fingerprint density at radius 2 is 1.94 bits per heavy atom. The zero-order valence-electron chi connectivity index (χ0n) is 11.3. The zero-order chi connectivity index (χ0) is 13.2. The van der Waals surface area contributed by atoms with Crippen LogP contribution in [0.3, 0.4) is 0 Å². The van der Waals surface area contributed by atoms with Crippen molar-refractivity contribution in [3.05, 3.63) is 42.5 Å². The molecule has 0 amide bonds. The second-order valence-electron chi connectivity index (χ2n) is 4.48. The van der Waals surface area contributed by atoms with Gasteiger partial charge in [-0.2, -0.15) is 0 Å². The fourth-order valence-electron chi connectivity index (χ4n) is 1.78. The monoisotopic (exact) mass is 248 g/mol. The normalized spacial score (nSPS) is 12.1. The van der Waals surface area contributed by atoms with Gasteiger partial charge in [-0.15, -0.1) is 6.58 Å². The van der Waals surface area contributed by atoms with Crippen LogP contribution in [0.1, 0.15) is 50.7 Å². The van der Waals surface area contributed by atoms with Gasteiger partial charge in [-0.1, -0.05) is 25.1 Å². The van der Waals surface area contributed by atoms with Gasteiger partial charge in [-0.05, 0) is 49.8 Å². The summed E-state index contributed by atoms with van der Waals surface area (Å²) in [6.07, 6.45) is 6.87. The number of ether oxygens (including phenoxy) is 1. The third-order valence-electron chi connectivity index (χ3n) is 2.97. The minimum Gasteiger partial charge on any atom is -0.494 e. The van der Waals surface area contributed by atoms with E-state index in [0.717, 1.165) is 37.2 Å². The lowest BCUT2D eigenvalue weighted by atomic mass is 10.1. The van der Waals surface area contributed by atoms with Crippen LogP contribution < -0.4 is 4.74 Å². The summed E-state index contributed by atoms with van der Waals surface area (Å²) in [5.74, 6) is 0.880. The number of rotatable bonds is 9. The molecule has 1 aromatic carbocycles. The van der Waals surface area contributed by atoms with Crippen LogP contribution in [0.5, 0.6) is 5.75 Å². The molecule has 2 heteroatoms. The van der Waals surface area contributed by atoms with Gasteiger partial charge in [-0.3, -0.25) is 0 Å². The predicted octanol–water partition coefficient (Wildman–Crippen LogP) is 4.26. The molecule has 0 spiro atoms. The highest BCUT2D eigenvalue weighted by molar-refractivity contribution is 5.28. The molecule has 0 unspecified atom stereocenters. The van der Waals surface area contributed by atoms with Gasteiger partial charge >= 0.3 is 0 Å². The van der Waals surface area contributed by atoms with Crippen LogP contribution in [0.25, 0.3) is 0 Å². The Labute approximate surface area is 110 Å². The summed E-state index contributed by atoms with van der Waals surface area (Å²) in [5.41, 5.74) is 0.954. The molecule has 0 heterocycles. The van der Waals surface area contributed by atoms with E-state index in [1.807, 2.05) is 37.3 Å². The van der Waals surface area contributed by atoms with Crippen LogP contribution in [0.15, 0.2) is 36.9 Å². The molecule has 0 aliphatic heterocycles. The molecule has 0 aliphatic rings. The topological polar surface area (TPSA) is 29.5 Å². The standard InChI is InChI=1S/C16H24O2/c1-3-5-6-7-8-13-18-15-11-9-14(10-12-15)16(17)4-2/h3,9-12,16-17H,1,4-8,13H2,2H3/t16-/m1/s1. The first kappa shape index (κ1) is 14.8. The quantitative estimate of drug-likeness (QED) is 0.523. The van der Waals surface area contributed by atoms with Crippen LogP contribution in [-0.2, 0) is 0 Å². The summed E-state index contributed by atoms with van der Waals surface area (Å²) >= 11 is 0. The summed E-state index contributed by atoms with van der Waals surface area (Å²) < 4.78 is 5.65. The molecule has 1 atom stereocenters. The van der Waals surface area contributed by atoms with Crippen molar-refractivity contribution in [2.24, 2.45) is 0 Å². The number of aliphatic hydroxyl groups excluding tert-OH is 1. The molecule has 18 heavy (non-hydrogen) atoms. The smallest absolute Gasteiger partial charge is 0.119 e. The highest BCUT2D eigenvalue weighted by Gasteiger charge is 2.04. The van der Waals surface area contributed by atoms with Crippen molar-refractivity contribution in [2.45, 2.75) is 45.1 Å². The Balaban J connectivity index is 2.24. The molecular formula is C16H24O2. The molecule has 0 saturated carbocycles. The van der Waals surface area contributed by atoms with Gasteiger partial charge in [0.15, 0.2) is 0 Å². The van der Waals surface area contributed by atoms with Gasteiger partial charge in [0.05, 0.1) is 12.7 Å². The summed E-state index contributed by atoms with van der Waals surface area (Å²) in [6, 6.07) is 7.72. The Morgan fingerprint density at radius 3 is 2.56 bits per heavy atom. The lowest BCUT2D eigenvalue weighted by Gasteiger charge is -2.10. The van der Waals surface area contributed by atoms with Crippen molar-refractivity contribution in [3.8, 4) is 5.75 Å². The maximum Gasteiger partial charge on any atom is 0.119 e. The average Bonchev–Trinajstić information content (AvgIpc) is 2.42. The van der Waals surface area contributed by atoms with Crippen LogP contribution >= 0.6 is 0 Å². The number of hydrogen-bond donors (Lipinski definition) is 1. The average molecular weight is 248 g/mol. The summed E-state index contributed by atoms with van der Waals surface area (Å²) in [4.78, 5) is 0. The first-order chi connectivity index (χ1) is 8.77. The van der Waals surface area contributed by atoms with E-state index in [9.17, 15) is 5.11 Å². The minimum atomic E-state index is -0.363. The minimum absolute atomic E-state index is 0.363. The summed E-state index contributed by atoms with van der Waals surface area (Å²) in [6.45, 7) is 6.43. The molecule has 1 aromatic rings. The first-order valence-electron chi connectivity index (χ1n) is 6.79. The second kappa shape index (κ2) is 8.76. The van der Waals surface area contributed by atoms with E-state index in [-0.39, 0.29) is 6.10 Å². The first-order valence-corrected chi connectivity index (χ1v) is 6.79. The van der Waals surface area contributed by atoms with Crippen molar-refractivity contribution in [2.75, 3.05) is 6.61 Å². The molecule has 2 nitrogen and oxygen atoms in total. The Morgan fingerprint density at radius 1 is 1.22 bits per heavy atom. The molecule has 1 N–H and O–H groups in total. The van der Waals surface area contributed by atoms with Crippen molar-refractivity contribution in [3.63, 3.8) is 0 Å². The molecule has 0 aliphatic carbocycles. The molecule has 0 bridgehead atoms. The van der Waals surface area contributed by atoms with Crippen molar-refractivity contribution >= 4 is 0 Å². The van der Waals surface area contributed by atoms with Crippen molar-refractivity contribution in [1.82, 2.24) is 0 Å². The van der Waals surface area contributed by atoms with Gasteiger partial charge in [0.25, 0.3) is 0 Å². The fraction of sp³-hybridized carbons (Fsp3) is 0.500. The number of hydrogen-bond acceptors (Lipinski definition) is 2. The van der Waals surface area contributed by atoms with Gasteiger partial charge in [0, 0.05) is 0 Å². The van der Waals surface area contributed by atoms with Crippen LogP contribution in [0.2, 0.25) is 0 Å². The van der Waals surface area contributed by atoms with Crippen LogP contribution in [-0.4, -0.2) is 11.7 Å². The van der Waals surface area contributed by atoms with Crippen molar-refractivity contribution < 1.29 is 9.84 Å². The lowest BCUT2D eigenvalue weighted by Crippen LogP contribution is -1.98. The number of benzene rings is 1. The van der Waals surface area contributed by atoms with E-state index in [4.69, 9.17) is 4.74 Å². The van der Waals surface area contributed by atoms with E-state index < -0.39 is 0 Å². The third kappa shape index (κ3) is 5.37. The third-order valence-corrected chi connectivity index (χ3v) is 2.97. The maximum absolute atomic E-state index is 9.67. The SMILES string of the molecule is C=CCCCCCOc1ccc([C@H](O)CC)cc1. The van der Waals surface area contributed by atoms with Gasteiger partial charge in [0.2, 0.25) is 0 Å². The van der Waals surface area contributed by atoms with E-state index in [1.165, 1.54) is 12.8 Å². The maximum atomic E-state index is 9.67. The van der Waals surface area contributed by atoms with E-state index in [1.54, 1.807) is 0 Å². The summed E-state index contributed by atoms with van der Waals surface area (Å²) in [7, 11) is 0. The van der Waals surface area contributed by atoms with E-state index in [2.05, 4.69) is 6.58 Å². The molecule has 0 aromatic heterocycles. The van der Waals surface area contributed by atoms with E-state index in [0.29, 0.717) is 0 Å². The van der Waals surface area contributed by atoms with Crippen LogP contribution in [0.4, 0.5) is 0 Å². The molecule has 1 rings (SSSR count). The number of unbranched alkanes of at least 4 members (excludes halogenated alkanes) is 3. The van der Waals surface area contributed by atoms with E-state index >= 15 is 0 Å². The number of allylic oxidation sites excluding steroid dienone is 1.